The fourth-order valence-corrected chi connectivity index (χ4v) is 10.1. The summed E-state index contributed by atoms with van der Waals surface area (Å²) in [5.74, 6) is 0.138. The van der Waals surface area contributed by atoms with Crippen LogP contribution in [0.5, 0.6) is 0 Å². The summed E-state index contributed by atoms with van der Waals surface area (Å²) < 4.78 is 50.2. The normalized spacial score (nSPS) is 16.6. The third-order valence-corrected chi connectivity index (χ3v) is 14.0. The summed E-state index contributed by atoms with van der Waals surface area (Å²) in [7, 11) is -7.00. The number of nitrogens with zero attached hydrogens (tertiary/aromatic N) is 4. The zero-order valence-corrected chi connectivity index (χ0v) is 35.4. The smallest absolute Gasteiger partial charge is 0.252 e. The summed E-state index contributed by atoms with van der Waals surface area (Å²) in [6.07, 6.45) is 17.5. The maximum absolute atomic E-state index is 13.0. The van der Waals surface area contributed by atoms with Crippen LogP contribution in [0.3, 0.4) is 0 Å². The first-order chi connectivity index (χ1) is 26.5. The Bertz CT molecular complexity index is 2150. The number of thiazole rings is 2. The molecule has 6 rings (SSSR count). The number of amides is 2. The van der Waals surface area contributed by atoms with Crippen LogP contribution < -0.4 is 21.8 Å². The van der Waals surface area contributed by atoms with Crippen molar-refractivity contribution in [3.63, 3.8) is 0 Å². The highest BCUT2D eigenvalue weighted by molar-refractivity contribution is 7.91. The maximum atomic E-state index is 13.0. The second kappa shape index (κ2) is 19.0. The summed E-state index contributed by atoms with van der Waals surface area (Å²) in [6.45, 7) is 3.33. The fraction of sp³-hybridized carbons (Fsp3) is 0.526. The minimum atomic E-state index is -3.50. The molecule has 0 radical (unpaired) electrons. The fourth-order valence-electron chi connectivity index (χ4n) is 7.68. The third kappa shape index (κ3) is 11.5. The minimum absolute atomic E-state index is 0.0250. The number of nitrogens with one attached hydrogen (secondary N) is 2. The average Bonchev–Trinajstić information content (AvgIpc) is 3.85. The van der Waals surface area contributed by atoms with Gasteiger partial charge in [-0.3, -0.25) is 19.2 Å². The molecule has 14 nitrogen and oxygen atoms in total. The predicted octanol–water partition coefficient (Wildman–Crippen LogP) is 6.33. The molecule has 56 heavy (non-hydrogen) atoms. The molecule has 0 unspecified atom stereocenters. The van der Waals surface area contributed by atoms with Gasteiger partial charge in [0.25, 0.3) is 11.1 Å². The van der Waals surface area contributed by atoms with Crippen LogP contribution in [0.15, 0.2) is 66.8 Å². The number of anilines is 2. The van der Waals surface area contributed by atoms with Gasteiger partial charge in [0.1, 0.15) is 12.1 Å². The van der Waals surface area contributed by atoms with E-state index in [0.29, 0.717) is 46.3 Å². The first kappa shape index (κ1) is 43.1. The monoisotopic (exact) mass is 846 g/mol. The topological polar surface area (TPSA) is 196 Å². The molecule has 2 N–H and O–H groups in total. The number of aryl methyl sites for hydroxylation is 2. The van der Waals surface area contributed by atoms with Crippen molar-refractivity contribution in [3.05, 3.63) is 79.5 Å². The van der Waals surface area contributed by atoms with E-state index in [1.54, 1.807) is 37.0 Å². The molecule has 2 fully saturated rings. The highest BCUT2D eigenvalue weighted by atomic mass is 32.2. The third-order valence-electron chi connectivity index (χ3n) is 10.4. The van der Waals surface area contributed by atoms with Gasteiger partial charge in [0.2, 0.25) is 11.8 Å². The molecule has 2 saturated carbocycles. The van der Waals surface area contributed by atoms with Gasteiger partial charge in [-0.25, -0.2) is 26.8 Å². The second-order valence-electron chi connectivity index (χ2n) is 14.8. The van der Waals surface area contributed by atoms with Gasteiger partial charge in [0, 0.05) is 59.2 Å². The van der Waals surface area contributed by atoms with E-state index in [0.717, 1.165) is 76.0 Å². The molecule has 304 valence electrons. The van der Waals surface area contributed by atoms with Gasteiger partial charge < -0.3 is 19.8 Å². The van der Waals surface area contributed by atoms with E-state index in [2.05, 4.69) is 20.6 Å². The van der Waals surface area contributed by atoms with Crippen LogP contribution in [-0.4, -0.2) is 60.3 Å². The number of carbonyl (C=O) groups excluding carboxylic acids is 2. The van der Waals surface area contributed by atoms with Gasteiger partial charge in [-0.2, -0.15) is 0 Å². The van der Waals surface area contributed by atoms with E-state index < -0.39 is 42.9 Å². The van der Waals surface area contributed by atoms with E-state index in [1.165, 1.54) is 56.8 Å². The summed E-state index contributed by atoms with van der Waals surface area (Å²) in [5.41, 5.74) is -0.0305. The van der Waals surface area contributed by atoms with Crippen LogP contribution in [0.25, 0.3) is 0 Å². The lowest BCUT2D eigenvalue weighted by Gasteiger charge is -2.28. The van der Waals surface area contributed by atoms with Crippen molar-refractivity contribution in [1.29, 1.82) is 0 Å². The molecule has 0 spiro atoms. The zero-order valence-electron chi connectivity index (χ0n) is 32.1. The molecule has 4 aromatic heterocycles. The Hall–Kier alpha value is -4.00. The average molecular weight is 847 g/mol. The predicted molar refractivity (Wildman–Crippen MR) is 219 cm³/mol. The Kier molecular flexibility index (Phi) is 14.6. The molecule has 2 atom stereocenters. The Labute approximate surface area is 335 Å². The van der Waals surface area contributed by atoms with Crippen LogP contribution in [0.4, 0.5) is 10.3 Å². The van der Waals surface area contributed by atoms with Gasteiger partial charge in [-0.05, 0) is 50.7 Å². The molecule has 18 heteroatoms. The van der Waals surface area contributed by atoms with E-state index >= 15 is 0 Å². The number of aromatic nitrogens is 4. The zero-order chi connectivity index (χ0) is 40.6. The number of hydrogen-bond acceptors (Lipinski definition) is 12. The van der Waals surface area contributed by atoms with Crippen LogP contribution in [-0.2, 0) is 29.3 Å². The van der Waals surface area contributed by atoms with Crippen molar-refractivity contribution < 1.29 is 26.4 Å². The van der Waals surface area contributed by atoms with Crippen molar-refractivity contribution >= 4 is 64.4 Å². The maximum Gasteiger partial charge on any atom is 0.252 e. The first-order valence-corrected chi connectivity index (χ1v) is 24.3. The van der Waals surface area contributed by atoms with Gasteiger partial charge in [0.05, 0.1) is 9.79 Å². The minimum Gasteiger partial charge on any atom is -0.300 e. The second-order valence-corrected chi connectivity index (χ2v) is 20.6. The molecule has 0 bridgehead atoms. The van der Waals surface area contributed by atoms with Crippen molar-refractivity contribution in [2.24, 2.45) is 11.8 Å². The molecule has 0 saturated heterocycles. The van der Waals surface area contributed by atoms with Gasteiger partial charge in [-0.1, -0.05) is 64.2 Å². The van der Waals surface area contributed by atoms with Crippen molar-refractivity contribution in [3.8, 4) is 0 Å². The van der Waals surface area contributed by atoms with Crippen molar-refractivity contribution in [2.75, 3.05) is 23.1 Å². The number of pyridine rings is 2. The Morgan fingerprint density at radius 2 is 1.02 bits per heavy atom. The van der Waals surface area contributed by atoms with E-state index in [9.17, 15) is 36.0 Å². The Morgan fingerprint density at radius 1 is 0.661 bits per heavy atom. The lowest BCUT2D eigenvalue weighted by atomic mass is 9.84. The van der Waals surface area contributed by atoms with Crippen molar-refractivity contribution in [2.45, 2.75) is 113 Å². The van der Waals surface area contributed by atoms with E-state index in [1.807, 2.05) is 0 Å². The van der Waals surface area contributed by atoms with Crippen LogP contribution in [0, 0.1) is 25.7 Å². The Morgan fingerprint density at radius 3 is 1.30 bits per heavy atom. The molecule has 2 aliphatic rings. The van der Waals surface area contributed by atoms with Crippen LogP contribution in [0.2, 0.25) is 0 Å². The van der Waals surface area contributed by atoms with Gasteiger partial charge >= 0.3 is 0 Å². The highest BCUT2D eigenvalue weighted by Crippen LogP contribution is 2.33. The summed E-state index contributed by atoms with van der Waals surface area (Å²) in [6, 6.07) is 3.73. The van der Waals surface area contributed by atoms with Crippen LogP contribution >= 0.6 is 22.7 Å². The first-order valence-electron chi connectivity index (χ1n) is 18.8. The lowest BCUT2D eigenvalue weighted by molar-refractivity contribution is -0.120. The molecule has 4 aromatic rings. The molecule has 2 amide bonds. The van der Waals surface area contributed by atoms with Gasteiger partial charge in [0.15, 0.2) is 29.9 Å². The van der Waals surface area contributed by atoms with Crippen molar-refractivity contribution in [1.82, 2.24) is 19.1 Å². The summed E-state index contributed by atoms with van der Waals surface area (Å²) in [5, 5.41) is 10.1. The van der Waals surface area contributed by atoms with E-state index in [-0.39, 0.29) is 21.6 Å². The van der Waals surface area contributed by atoms with E-state index in [4.69, 9.17) is 0 Å². The number of sulfone groups is 2. The summed E-state index contributed by atoms with van der Waals surface area (Å²) >= 11 is 2.63. The molecule has 4 heterocycles. The highest BCUT2D eigenvalue weighted by Gasteiger charge is 2.30. The SMILES string of the molecule is Cc1cc(S(C)(=O)=O)cc(=O)n1[C@@H](CC1CCCCC1)C(=O)Nc1nccs1.Cc1cc(S(C)(=O)=O)cc(=O)n1[C@H](CC1CCCCC1)C(=O)Nc1nccs1. The standard InChI is InChI=1S/2C19H25N3O4S2/c2*1-13-10-15(28(2,25)26)12-17(23)22(13)16(11-14-6-4-3-5-7-14)18(24)21-19-20-8-9-27-19/h2*8-10,12,14,16H,3-7,11H2,1-2H3,(H,20,21,24)/t2*16-/m10/s1. The number of carbonyl (C=O) groups is 2. The number of hydrogen-bond donors (Lipinski definition) is 2. The largest absolute Gasteiger partial charge is 0.300 e. The lowest BCUT2D eigenvalue weighted by Crippen LogP contribution is -2.36. The molecule has 0 aliphatic heterocycles. The molecule has 2 aliphatic carbocycles. The Balaban J connectivity index is 0.000000214. The van der Waals surface area contributed by atoms with Gasteiger partial charge in [-0.15, -0.1) is 22.7 Å². The molecular weight excluding hydrogens is 797 g/mol. The quantitative estimate of drug-likeness (QED) is 0.163. The van der Waals surface area contributed by atoms with Crippen LogP contribution in [0.1, 0.15) is 101 Å². The molecular formula is C38H50N6O8S4. The summed E-state index contributed by atoms with van der Waals surface area (Å²) in [4.78, 5) is 59.8. The number of rotatable bonds is 12. The molecule has 0 aromatic carbocycles.